The van der Waals surface area contributed by atoms with Crippen molar-refractivity contribution >= 4 is 46.6 Å². The second-order valence-corrected chi connectivity index (χ2v) is 8.67. The van der Waals surface area contributed by atoms with E-state index in [0.717, 1.165) is 16.7 Å². The molecule has 3 aromatic carbocycles. The van der Waals surface area contributed by atoms with Crippen LogP contribution >= 0.6 is 23.4 Å². The summed E-state index contributed by atoms with van der Waals surface area (Å²) in [5.74, 6) is 0.474. The Labute approximate surface area is 211 Å². The van der Waals surface area contributed by atoms with Gasteiger partial charge in [-0.2, -0.15) is 0 Å². The molecule has 178 valence electrons. The van der Waals surface area contributed by atoms with Gasteiger partial charge in [-0.1, -0.05) is 48.0 Å². The number of halogens is 1. The van der Waals surface area contributed by atoms with Crippen molar-refractivity contribution in [2.45, 2.75) is 0 Å². The minimum atomic E-state index is -0.570. The number of carbonyl (C=O) groups excluding carboxylic acids is 3. The van der Waals surface area contributed by atoms with Crippen LogP contribution in [0.4, 0.5) is 4.79 Å². The molecule has 9 heteroatoms. The number of nitrogens with zero attached hydrogens (tertiary/aromatic N) is 1. The minimum absolute atomic E-state index is 0.108. The maximum atomic E-state index is 12.7. The van der Waals surface area contributed by atoms with Gasteiger partial charge < -0.3 is 14.2 Å². The number of hydrogen-bond donors (Lipinski definition) is 0. The summed E-state index contributed by atoms with van der Waals surface area (Å²) in [4.78, 5) is 38.9. The Morgan fingerprint density at radius 3 is 2.37 bits per heavy atom. The zero-order valence-electron chi connectivity index (χ0n) is 18.6. The zero-order valence-corrected chi connectivity index (χ0v) is 20.2. The van der Waals surface area contributed by atoms with Gasteiger partial charge >= 0.3 is 5.97 Å². The van der Waals surface area contributed by atoms with Crippen molar-refractivity contribution in [2.24, 2.45) is 0 Å². The first-order chi connectivity index (χ1) is 17.0. The molecule has 0 N–H and O–H groups in total. The SMILES string of the molecule is COc1ccccc1OCCN1C(=O)S/C(=C\c2ccc(OC(=O)c3ccccc3Cl)cc2)C1=O. The fraction of sp³-hybridized carbons (Fsp3) is 0.115. The molecule has 4 rings (SSSR count). The van der Waals surface area contributed by atoms with Gasteiger partial charge in [-0.05, 0) is 59.8 Å². The van der Waals surface area contributed by atoms with E-state index in [4.69, 9.17) is 25.8 Å². The summed E-state index contributed by atoms with van der Waals surface area (Å²) in [5.41, 5.74) is 0.944. The number of imide groups is 1. The number of ether oxygens (including phenoxy) is 3. The van der Waals surface area contributed by atoms with Gasteiger partial charge in [-0.15, -0.1) is 0 Å². The fourth-order valence-electron chi connectivity index (χ4n) is 3.25. The Kier molecular flexibility index (Phi) is 7.74. The molecule has 1 aliphatic rings. The van der Waals surface area contributed by atoms with Crippen molar-refractivity contribution in [2.75, 3.05) is 20.3 Å². The van der Waals surface area contributed by atoms with Gasteiger partial charge in [0.15, 0.2) is 11.5 Å². The van der Waals surface area contributed by atoms with Crippen LogP contribution in [0.25, 0.3) is 6.08 Å². The Morgan fingerprint density at radius 1 is 0.971 bits per heavy atom. The third-order valence-electron chi connectivity index (χ3n) is 5.00. The minimum Gasteiger partial charge on any atom is -0.493 e. The standard InChI is InChI=1S/C26H20ClNO6S/c1-32-21-8-4-5-9-22(21)33-15-14-28-24(29)23(35-26(28)31)16-17-10-12-18(13-11-17)34-25(30)19-6-2-3-7-20(19)27/h2-13,16H,14-15H2,1H3/b23-16-. The molecule has 0 bridgehead atoms. The first-order valence-corrected chi connectivity index (χ1v) is 11.7. The lowest BCUT2D eigenvalue weighted by Gasteiger charge is -2.14. The van der Waals surface area contributed by atoms with E-state index in [1.165, 1.54) is 0 Å². The first-order valence-electron chi connectivity index (χ1n) is 10.5. The fourth-order valence-corrected chi connectivity index (χ4v) is 4.33. The molecule has 35 heavy (non-hydrogen) atoms. The van der Waals surface area contributed by atoms with Gasteiger partial charge in [0.25, 0.3) is 11.1 Å². The van der Waals surface area contributed by atoms with Crippen molar-refractivity contribution in [3.8, 4) is 17.2 Å². The summed E-state index contributed by atoms with van der Waals surface area (Å²) in [6.45, 7) is 0.244. The lowest BCUT2D eigenvalue weighted by Crippen LogP contribution is -2.32. The predicted molar refractivity (Wildman–Crippen MR) is 134 cm³/mol. The first kappa shape index (κ1) is 24.4. The number of para-hydroxylation sites is 2. The number of thioether (sulfide) groups is 1. The molecule has 1 aliphatic heterocycles. The van der Waals surface area contributed by atoms with Gasteiger partial charge in [0.2, 0.25) is 0 Å². The molecule has 0 atom stereocenters. The monoisotopic (exact) mass is 509 g/mol. The molecular formula is C26H20ClNO6S. The van der Waals surface area contributed by atoms with Crippen LogP contribution in [0.2, 0.25) is 5.02 Å². The van der Waals surface area contributed by atoms with E-state index >= 15 is 0 Å². The molecule has 0 unspecified atom stereocenters. The second kappa shape index (κ2) is 11.1. The van der Waals surface area contributed by atoms with Crippen LogP contribution in [0.5, 0.6) is 17.2 Å². The molecule has 1 saturated heterocycles. The quantitative estimate of drug-likeness (QED) is 0.219. The van der Waals surface area contributed by atoms with E-state index in [-0.39, 0.29) is 24.0 Å². The molecule has 0 aliphatic carbocycles. The summed E-state index contributed by atoms with van der Waals surface area (Å²) >= 11 is 6.89. The predicted octanol–water partition coefficient (Wildman–Crippen LogP) is 5.68. The van der Waals surface area contributed by atoms with Gasteiger partial charge in [-0.25, -0.2) is 4.79 Å². The molecule has 3 aromatic rings. The van der Waals surface area contributed by atoms with Gasteiger partial charge in [0, 0.05) is 0 Å². The Bertz CT molecular complexity index is 1290. The van der Waals surface area contributed by atoms with E-state index in [2.05, 4.69) is 0 Å². The van der Waals surface area contributed by atoms with Crippen LogP contribution in [-0.2, 0) is 4.79 Å². The van der Waals surface area contributed by atoms with Crippen molar-refractivity contribution in [3.63, 3.8) is 0 Å². The average molecular weight is 510 g/mol. The highest BCUT2D eigenvalue weighted by Gasteiger charge is 2.34. The summed E-state index contributed by atoms with van der Waals surface area (Å²) in [5, 5.41) is -0.0617. The number of methoxy groups -OCH3 is 1. The van der Waals surface area contributed by atoms with E-state index in [9.17, 15) is 14.4 Å². The number of hydrogen-bond acceptors (Lipinski definition) is 7. The normalized spacial score (nSPS) is 14.3. The van der Waals surface area contributed by atoms with Crippen LogP contribution in [-0.4, -0.2) is 42.3 Å². The number of esters is 1. The van der Waals surface area contributed by atoms with Crippen molar-refractivity contribution < 1.29 is 28.6 Å². The third kappa shape index (κ3) is 5.85. The summed E-state index contributed by atoms with van der Waals surface area (Å²) in [7, 11) is 1.54. The number of carbonyl (C=O) groups is 3. The molecule has 1 heterocycles. The lowest BCUT2D eigenvalue weighted by molar-refractivity contribution is -0.123. The molecular weight excluding hydrogens is 490 g/mol. The van der Waals surface area contributed by atoms with Crippen molar-refractivity contribution in [1.82, 2.24) is 4.90 Å². The number of benzene rings is 3. The maximum absolute atomic E-state index is 12.7. The second-order valence-electron chi connectivity index (χ2n) is 7.27. The van der Waals surface area contributed by atoms with Crippen LogP contribution < -0.4 is 14.2 Å². The molecule has 1 fully saturated rings. The topological polar surface area (TPSA) is 82.1 Å². The Hall–Kier alpha value is -3.75. The van der Waals surface area contributed by atoms with Crippen LogP contribution in [0.3, 0.4) is 0 Å². The van der Waals surface area contributed by atoms with Crippen LogP contribution in [0, 0.1) is 0 Å². The van der Waals surface area contributed by atoms with Gasteiger partial charge in [-0.3, -0.25) is 14.5 Å². The molecule has 0 radical (unpaired) electrons. The Morgan fingerprint density at radius 2 is 1.66 bits per heavy atom. The molecule has 0 saturated carbocycles. The van der Waals surface area contributed by atoms with E-state index in [1.54, 1.807) is 73.8 Å². The van der Waals surface area contributed by atoms with E-state index in [1.807, 2.05) is 12.1 Å². The van der Waals surface area contributed by atoms with Crippen LogP contribution in [0.15, 0.2) is 77.7 Å². The smallest absolute Gasteiger partial charge is 0.345 e. The molecule has 0 spiro atoms. The molecule has 2 amide bonds. The van der Waals surface area contributed by atoms with E-state index in [0.29, 0.717) is 32.7 Å². The summed E-state index contributed by atoms with van der Waals surface area (Å²) < 4.78 is 16.3. The largest absolute Gasteiger partial charge is 0.493 e. The van der Waals surface area contributed by atoms with E-state index < -0.39 is 11.9 Å². The average Bonchev–Trinajstić information content (AvgIpc) is 3.13. The maximum Gasteiger partial charge on any atom is 0.345 e. The third-order valence-corrected chi connectivity index (χ3v) is 6.23. The van der Waals surface area contributed by atoms with Gasteiger partial charge in [0.1, 0.15) is 12.4 Å². The molecule has 7 nitrogen and oxygen atoms in total. The lowest BCUT2D eigenvalue weighted by atomic mass is 10.2. The summed E-state index contributed by atoms with van der Waals surface area (Å²) in [6, 6.07) is 20.3. The summed E-state index contributed by atoms with van der Waals surface area (Å²) in [6.07, 6.45) is 1.62. The Balaban J connectivity index is 1.36. The van der Waals surface area contributed by atoms with Gasteiger partial charge in [0.05, 0.1) is 29.1 Å². The molecule has 0 aromatic heterocycles. The highest BCUT2D eigenvalue weighted by atomic mass is 35.5. The highest BCUT2D eigenvalue weighted by molar-refractivity contribution is 8.18. The highest BCUT2D eigenvalue weighted by Crippen LogP contribution is 2.33. The van der Waals surface area contributed by atoms with Crippen molar-refractivity contribution in [1.29, 1.82) is 0 Å². The van der Waals surface area contributed by atoms with Crippen LogP contribution in [0.1, 0.15) is 15.9 Å². The zero-order chi connectivity index (χ0) is 24.8. The number of rotatable bonds is 8. The number of amides is 2. The van der Waals surface area contributed by atoms with Crippen molar-refractivity contribution in [3.05, 3.63) is 93.9 Å².